The van der Waals surface area contributed by atoms with Gasteiger partial charge in [0.15, 0.2) is 0 Å². The quantitative estimate of drug-likeness (QED) is 0.714. The van der Waals surface area contributed by atoms with Crippen molar-refractivity contribution >= 4 is 23.1 Å². The van der Waals surface area contributed by atoms with Gasteiger partial charge in [-0.15, -0.1) is 0 Å². The Labute approximate surface area is 109 Å². The van der Waals surface area contributed by atoms with Crippen molar-refractivity contribution in [3.05, 3.63) is 0 Å². The average molecular weight is 257 g/mol. The summed E-state index contributed by atoms with van der Waals surface area (Å²) in [5.74, 6) is 0.512. The van der Waals surface area contributed by atoms with Gasteiger partial charge in [0.2, 0.25) is 5.91 Å². The molecule has 0 radical (unpaired) electrons. The van der Waals surface area contributed by atoms with E-state index in [1.165, 1.54) is 0 Å². The Morgan fingerprint density at radius 2 is 2.29 bits per heavy atom. The minimum atomic E-state index is -0.708. The van der Waals surface area contributed by atoms with Crippen LogP contribution >= 0.6 is 12.2 Å². The maximum absolute atomic E-state index is 12.1. The minimum Gasteiger partial charge on any atom is -0.392 e. The molecule has 1 saturated heterocycles. The van der Waals surface area contributed by atoms with Gasteiger partial charge in [0, 0.05) is 13.1 Å². The van der Waals surface area contributed by atoms with E-state index in [0.717, 1.165) is 26.1 Å². The summed E-state index contributed by atoms with van der Waals surface area (Å²) in [6.45, 7) is 6.63. The zero-order valence-corrected chi connectivity index (χ0v) is 11.8. The zero-order valence-electron chi connectivity index (χ0n) is 11.0. The Balaban J connectivity index is 2.46. The van der Waals surface area contributed by atoms with Crippen LogP contribution in [0.3, 0.4) is 0 Å². The molecule has 2 atom stereocenters. The standard InChI is InChI=1S/C12H23N3OS/c1-4-12(2,10(13)17)11(16)14-7-9-5-6-15(3)8-9/h9H,4-8H2,1-3H3,(H2,13,17)(H,14,16). The van der Waals surface area contributed by atoms with Crippen LogP contribution in [-0.2, 0) is 4.79 Å². The van der Waals surface area contributed by atoms with Gasteiger partial charge in [-0.3, -0.25) is 4.79 Å². The molecule has 5 heteroatoms. The second-order valence-corrected chi connectivity index (χ2v) is 5.62. The highest BCUT2D eigenvalue weighted by Crippen LogP contribution is 2.22. The second kappa shape index (κ2) is 5.78. The summed E-state index contributed by atoms with van der Waals surface area (Å²) >= 11 is 4.98. The molecule has 4 nitrogen and oxygen atoms in total. The topological polar surface area (TPSA) is 58.4 Å². The summed E-state index contributed by atoms with van der Waals surface area (Å²) in [5, 5.41) is 2.98. The lowest BCUT2D eigenvalue weighted by Gasteiger charge is -2.26. The van der Waals surface area contributed by atoms with Crippen molar-refractivity contribution < 1.29 is 4.79 Å². The third-order valence-electron chi connectivity index (χ3n) is 3.79. The van der Waals surface area contributed by atoms with Crippen LogP contribution in [0.2, 0.25) is 0 Å². The van der Waals surface area contributed by atoms with E-state index in [2.05, 4.69) is 17.3 Å². The van der Waals surface area contributed by atoms with Crippen molar-refractivity contribution in [1.82, 2.24) is 10.2 Å². The number of thiocarbonyl (C=S) groups is 1. The van der Waals surface area contributed by atoms with Crippen LogP contribution < -0.4 is 11.1 Å². The second-order valence-electron chi connectivity index (χ2n) is 5.18. The lowest BCUT2D eigenvalue weighted by atomic mass is 9.86. The Morgan fingerprint density at radius 1 is 1.65 bits per heavy atom. The van der Waals surface area contributed by atoms with E-state index >= 15 is 0 Å². The van der Waals surface area contributed by atoms with Crippen LogP contribution in [0.25, 0.3) is 0 Å². The van der Waals surface area contributed by atoms with Crippen LogP contribution in [0.5, 0.6) is 0 Å². The van der Waals surface area contributed by atoms with Crippen LogP contribution in [0.4, 0.5) is 0 Å². The molecule has 2 unspecified atom stereocenters. The molecule has 0 bridgehead atoms. The first-order valence-electron chi connectivity index (χ1n) is 6.17. The first-order valence-corrected chi connectivity index (χ1v) is 6.57. The van der Waals surface area contributed by atoms with Gasteiger partial charge in [-0.1, -0.05) is 19.1 Å². The molecule has 1 fully saturated rings. The number of likely N-dealkylation sites (tertiary alicyclic amines) is 1. The van der Waals surface area contributed by atoms with Gasteiger partial charge in [-0.05, 0) is 39.3 Å². The minimum absolute atomic E-state index is 0.0398. The van der Waals surface area contributed by atoms with E-state index in [1.54, 1.807) is 0 Å². The molecule has 1 heterocycles. The first kappa shape index (κ1) is 14.4. The molecule has 0 aliphatic carbocycles. The van der Waals surface area contributed by atoms with Crippen LogP contribution in [0.1, 0.15) is 26.7 Å². The van der Waals surface area contributed by atoms with Crippen molar-refractivity contribution in [1.29, 1.82) is 0 Å². The average Bonchev–Trinajstić information content (AvgIpc) is 2.70. The van der Waals surface area contributed by atoms with E-state index in [1.807, 2.05) is 13.8 Å². The molecule has 1 aliphatic heterocycles. The van der Waals surface area contributed by atoms with Crippen molar-refractivity contribution in [2.24, 2.45) is 17.1 Å². The number of nitrogens with zero attached hydrogens (tertiary/aromatic N) is 1. The molecule has 98 valence electrons. The maximum Gasteiger partial charge on any atom is 0.232 e. The van der Waals surface area contributed by atoms with Gasteiger partial charge in [-0.2, -0.15) is 0 Å². The first-order chi connectivity index (χ1) is 7.90. The van der Waals surface area contributed by atoms with Gasteiger partial charge in [-0.25, -0.2) is 0 Å². The lowest BCUT2D eigenvalue weighted by Crippen LogP contribution is -2.47. The molecule has 1 amide bonds. The number of nitrogens with two attached hydrogens (primary N) is 1. The van der Waals surface area contributed by atoms with Crippen LogP contribution in [0, 0.1) is 11.3 Å². The van der Waals surface area contributed by atoms with E-state index in [-0.39, 0.29) is 10.9 Å². The summed E-state index contributed by atoms with van der Waals surface area (Å²) in [6.07, 6.45) is 1.78. The SMILES string of the molecule is CCC(C)(C(=O)NCC1CCN(C)C1)C(N)=S. The fourth-order valence-electron chi connectivity index (χ4n) is 2.07. The molecule has 1 aliphatic rings. The van der Waals surface area contributed by atoms with E-state index in [0.29, 0.717) is 12.3 Å². The number of hydrogen-bond acceptors (Lipinski definition) is 3. The number of rotatable bonds is 5. The molecule has 0 aromatic rings. The predicted molar refractivity (Wildman–Crippen MR) is 73.8 cm³/mol. The van der Waals surface area contributed by atoms with E-state index in [9.17, 15) is 4.79 Å². The molecule has 0 spiro atoms. The smallest absolute Gasteiger partial charge is 0.232 e. The number of amides is 1. The number of carbonyl (C=O) groups excluding carboxylic acids is 1. The molecular formula is C12H23N3OS. The molecule has 3 N–H and O–H groups in total. The Kier molecular flexibility index (Phi) is 4.89. The fraction of sp³-hybridized carbons (Fsp3) is 0.833. The Morgan fingerprint density at radius 3 is 2.71 bits per heavy atom. The monoisotopic (exact) mass is 257 g/mol. The third-order valence-corrected chi connectivity index (χ3v) is 4.24. The summed E-state index contributed by atoms with van der Waals surface area (Å²) in [4.78, 5) is 14.6. The third kappa shape index (κ3) is 3.39. The highest BCUT2D eigenvalue weighted by atomic mass is 32.1. The van der Waals surface area contributed by atoms with Crippen molar-refractivity contribution in [3.8, 4) is 0 Å². The summed E-state index contributed by atoms with van der Waals surface area (Å²) in [5.41, 5.74) is 4.94. The molecule has 0 aromatic carbocycles. The Bertz CT molecular complexity index is 308. The number of nitrogens with one attached hydrogen (secondary N) is 1. The summed E-state index contributed by atoms with van der Waals surface area (Å²) in [7, 11) is 2.10. The van der Waals surface area contributed by atoms with Gasteiger partial charge < -0.3 is 16.0 Å². The zero-order chi connectivity index (χ0) is 13.1. The molecule has 0 aromatic heterocycles. The van der Waals surface area contributed by atoms with Gasteiger partial charge >= 0.3 is 0 Å². The van der Waals surface area contributed by atoms with Crippen molar-refractivity contribution in [3.63, 3.8) is 0 Å². The van der Waals surface area contributed by atoms with Gasteiger partial charge in [0.1, 0.15) is 0 Å². The van der Waals surface area contributed by atoms with Gasteiger partial charge in [0.05, 0.1) is 10.4 Å². The molecule has 1 rings (SSSR count). The lowest BCUT2D eigenvalue weighted by molar-refractivity contribution is -0.127. The maximum atomic E-state index is 12.1. The number of carbonyl (C=O) groups is 1. The summed E-state index contributed by atoms with van der Waals surface area (Å²) < 4.78 is 0. The van der Waals surface area contributed by atoms with E-state index in [4.69, 9.17) is 18.0 Å². The van der Waals surface area contributed by atoms with Gasteiger partial charge in [0.25, 0.3) is 0 Å². The van der Waals surface area contributed by atoms with Crippen molar-refractivity contribution in [2.75, 3.05) is 26.7 Å². The Hall–Kier alpha value is -0.680. The summed E-state index contributed by atoms with van der Waals surface area (Å²) in [6, 6.07) is 0. The normalized spacial score (nSPS) is 24.3. The van der Waals surface area contributed by atoms with E-state index < -0.39 is 5.41 Å². The molecular weight excluding hydrogens is 234 g/mol. The van der Waals surface area contributed by atoms with Crippen LogP contribution in [-0.4, -0.2) is 42.5 Å². The fourth-order valence-corrected chi connectivity index (χ4v) is 2.31. The highest BCUT2D eigenvalue weighted by Gasteiger charge is 2.34. The number of hydrogen-bond donors (Lipinski definition) is 2. The van der Waals surface area contributed by atoms with Crippen LogP contribution in [0.15, 0.2) is 0 Å². The molecule has 0 saturated carbocycles. The predicted octanol–water partition coefficient (Wildman–Crippen LogP) is 0.757. The highest BCUT2D eigenvalue weighted by molar-refractivity contribution is 7.80. The molecule has 17 heavy (non-hydrogen) atoms. The van der Waals surface area contributed by atoms with Crippen molar-refractivity contribution in [2.45, 2.75) is 26.7 Å². The largest absolute Gasteiger partial charge is 0.392 e.